The third kappa shape index (κ3) is 2.43. The summed E-state index contributed by atoms with van der Waals surface area (Å²) < 4.78 is 0. The van der Waals surface area contributed by atoms with Gasteiger partial charge in [-0.15, -0.1) is 0 Å². The molecule has 0 N–H and O–H groups in total. The predicted molar refractivity (Wildman–Crippen MR) is 59.3 cm³/mol. The molecule has 2 rings (SSSR count). The Hall–Kier alpha value is -0.590. The second-order valence-corrected chi connectivity index (χ2v) is 3.75. The molecule has 0 radical (unpaired) electrons. The van der Waals surface area contributed by atoms with Crippen LogP contribution < -0.4 is 0 Å². The maximum absolute atomic E-state index is 4.52. The SMILES string of the molecule is CC.CC1CCCC2C=CC=NC12. The molecule has 0 aromatic heterocycles. The van der Waals surface area contributed by atoms with Crippen LogP contribution in [0.1, 0.15) is 40.0 Å². The van der Waals surface area contributed by atoms with Crippen LogP contribution in [0, 0.1) is 11.8 Å². The van der Waals surface area contributed by atoms with E-state index in [0.717, 1.165) is 11.8 Å². The van der Waals surface area contributed by atoms with E-state index in [1.165, 1.54) is 19.3 Å². The molecule has 1 aliphatic carbocycles. The maximum atomic E-state index is 4.52. The number of dihydropyridines is 1. The zero-order chi connectivity index (χ0) is 9.68. The topological polar surface area (TPSA) is 12.4 Å². The molecule has 0 saturated heterocycles. The van der Waals surface area contributed by atoms with Crippen molar-refractivity contribution in [3.05, 3.63) is 12.2 Å². The molecule has 0 aromatic rings. The van der Waals surface area contributed by atoms with E-state index in [0.29, 0.717) is 6.04 Å². The third-order valence-corrected chi connectivity index (χ3v) is 2.92. The Kier molecular flexibility index (Phi) is 4.20. The van der Waals surface area contributed by atoms with E-state index in [1.807, 2.05) is 20.1 Å². The van der Waals surface area contributed by atoms with Gasteiger partial charge in [-0.1, -0.05) is 33.3 Å². The minimum absolute atomic E-state index is 0.605. The fraction of sp³-hybridized carbons (Fsp3) is 0.750. The first-order valence-corrected chi connectivity index (χ1v) is 5.58. The number of fused-ring (bicyclic) bond motifs is 1. The third-order valence-electron chi connectivity index (χ3n) is 2.92. The zero-order valence-corrected chi connectivity index (χ0v) is 9.03. The Bertz CT molecular complexity index is 193. The quantitative estimate of drug-likeness (QED) is 0.540. The molecule has 1 nitrogen and oxygen atoms in total. The number of nitrogens with zero attached hydrogens (tertiary/aromatic N) is 1. The molecule has 74 valence electrons. The molecule has 1 heterocycles. The van der Waals surface area contributed by atoms with E-state index in [2.05, 4.69) is 24.1 Å². The summed E-state index contributed by atoms with van der Waals surface area (Å²) in [7, 11) is 0. The number of hydrogen-bond acceptors (Lipinski definition) is 1. The minimum atomic E-state index is 0.605. The molecule has 13 heavy (non-hydrogen) atoms. The lowest BCUT2D eigenvalue weighted by molar-refractivity contribution is 0.274. The highest BCUT2D eigenvalue weighted by Gasteiger charge is 2.28. The van der Waals surface area contributed by atoms with Gasteiger partial charge >= 0.3 is 0 Å². The molecular weight excluding hydrogens is 158 g/mol. The van der Waals surface area contributed by atoms with Crippen LogP contribution in [0.15, 0.2) is 17.1 Å². The normalized spacial score (nSPS) is 36.1. The van der Waals surface area contributed by atoms with E-state index in [-0.39, 0.29) is 0 Å². The molecule has 0 bridgehead atoms. The van der Waals surface area contributed by atoms with Crippen molar-refractivity contribution in [2.75, 3.05) is 0 Å². The van der Waals surface area contributed by atoms with Gasteiger partial charge in [0.1, 0.15) is 0 Å². The highest BCUT2D eigenvalue weighted by Crippen LogP contribution is 2.33. The first-order valence-electron chi connectivity index (χ1n) is 5.58. The molecule has 0 aromatic carbocycles. The van der Waals surface area contributed by atoms with E-state index >= 15 is 0 Å². The molecule has 0 amide bonds. The van der Waals surface area contributed by atoms with Crippen molar-refractivity contribution in [3.8, 4) is 0 Å². The molecule has 1 fully saturated rings. The zero-order valence-electron chi connectivity index (χ0n) is 9.03. The van der Waals surface area contributed by atoms with E-state index in [9.17, 15) is 0 Å². The Labute approximate surface area is 82.0 Å². The van der Waals surface area contributed by atoms with E-state index in [1.54, 1.807) is 0 Å². The number of aliphatic imine (C=N–C) groups is 1. The van der Waals surface area contributed by atoms with Gasteiger partial charge in [0.05, 0.1) is 6.04 Å². The Morgan fingerprint density at radius 3 is 2.69 bits per heavy atom. The van der Waals surface area contributed by atoms with Crippen molar-refractivity contribution in [1.82, 2.24) is 0 Å². The van der Waals surface area contributed by atoms with Crippen LogP contribution in [0.5, 0.6) is 0 Å². The van der Waals surface area contributed by atoms with Crippen molar-refractivity contribution >= 4 is 6.21 Å². The Morgan fingerprint density at radius 1 is 1.23 bits per heavy atom. The second-order valence-electron chi connectivity index (χ2n) is 3.75. The summed E-state index contributed by atoms with van der Waals surface area (Å²) in [5.74, 6) is 1.55. The van der Waals surface area contributed by atoms with Gasteiger partial charge in [0.2, 0.25) is 0 Å². The van der Waals surface area contributed by atoms with Gasteiger partial charge in [0.25, 0.3) is 0 Å². The van der Waals surface area contributed by atoms with Crippen molar-refractivity contribution < 1.29 is 0 Å². The molecule has 1 saturated carbocycles. The summed E-state index contributed by atoms with van der Waals surface area (Å²) in [5, 5.41) is 0. The standard InChI is InChI=1S/C10H15N.C2H6/c1-8-4-2-5-9-6-3-7-11-10(8)9;1-2/h3,6-10H,2,4-5H2,1H3;1-2H3. The maximum Gasteiger partial charge on any atom is 0.0587 e. The van der Waals surface area contributed by atoms with Crippen LogP contribution in [0.2, 0.25) is 0 Å². The average molecular weight is 179 g/mol. The van der Waals surface area contributed by atoms with Gasteiger partial charge in [-0.2, -0.15) is 0 Å². The lowest BCUT2D eigenvalue weighted by Gasteiger charge is -2.33. The number of hydrogen-bond donors (Lipinski definition) is 0. The van der Waals surface area contributed by atoms with Gasteiger partial charge in [-0.05, 0) is 30.8 Å². The van der Waals surface area contributed by atoms with Crippen molar-refractivity contribution in [3.63, 3.8) is 0 Å². The first-order chi connectivity index (χ1) is 6.38. The van der Waals surface area contributed by atoms with Crippen LogP contribution in [0.4, 0.5) is 0 Å². The van der Waals surface area contributed by atoms with Crippen LogP contribution in [-0.2, 0) is 0 Å². The van der Waals surface area contributed by atoms with E-state index in [4.69, 9.17) is 0 Å². The van der Waals surface area contributed by atoms with Gasteiger partial charge in [-0.25, -0.2) is 0 Å². The summed E-state index contributed by atoms with van der Waals surface area (Å²) >= 11 is 0. The molecule has 3 unspecified atom stereocenters. The predicted octanol–water partition coefficient (Wildman–Crippen LogP) is 3.46. The van der Waals surface area contributed by atoms with Crippen LogP contribution in [0.3, 0.4) is 0 Å². The van der Waals surface area contributed by atoms with Crippen LogP contribution in [-0.4, -0.2) is 12.3 Å². The summed E-state index contributed by atoms with van der Waals surface area (Å²) in [6.07, 6.45) is 10.5. The minimum Gasteiger partial charge on any atom is -0.289 e. The summed E-state index contributed by atoms with van der Waals surface area (Å²) in [5.41, 5.74) is 0. The van der Waals surface area contributed by atoms with Crippen molar-refractivity contribution in [2.45, 2.75) is 46.1 Å². The Balaban J connectivity index is 0.000000396. The van der Waals surface area contributed by atoms with Crippen LogP contribution in [0.25, 0.3) is 0 Å². The molecule has 1 aliphatic heterocycles. The fourth-order valence-electron chi connectivity index (χ4n) is 2.25. The monoisotopic (exact) mass is 179 g/mol. The average Bonchev–Trinajstić information content (AvgIpc) is 2.22. The molecule has 0 spiro atoms. The Morgan fingerprint density at radius 2 is 2.00 bits per heavy atom. The van der Waals surface area contributed by atoms with Crippen molar-refractivity contribution in [1.29, 1.82) is 0 Å². The lowest BCUT2D eigenvalue weighted by Crippen LogP contribution is -2.30. The summed E-state index contributed by atoms with van der Waals surface area (Å²) in [6, 6.07) is 0.605. The lowest BCUT2D eigenvalue weighted by atomic mass is 9.77. The van der Waals surface area contributed by atoms with Crippen LogP contribution >= 0.6 is 0 Å². The summed E-state index contributed by atoms with van der Waals surface area (Å²) in [6.45, 7) is 6.33. The van der Waals surface area contributed by atoms with E-state index < -0.39 is 0 Å². The fourth-order valence-corrected chi connectivity index (χ4v) is 2.25. The smallest absolute Gasteiger partial charge is 0.0587 e. The largest absolute Gasteiger partial charge is 0.289 e. The number of allylic oxidation sites excluding steroid dienone is 1. The van der Waals surface area contributed by atoms with Gasteiger partial charge in [0, 0.05) is 6.21 Å². The highest BCUT2D eigenvalue weighted by molar-refractivity contribution is 5.72. The first kappa shape index (κ1) is 10.5. The molecule has 1 heteroatoms. The highest BCUT2D eigenvalue weighted by atomic mass is 14.8. The van der Waals surface area contributed by atoms with Gasteiger partial charge < -0.3 is 0 Å². The molecular formula is C12H21N. The number of rotatable bonds is 0. The molecule has 3 atom stereocenters. The second kappa shape index (κ2) is 5.21. The summed E-state index contributed by atoms with van der Waals surface area (Å²) in [4.78, 5) is 4.52. The van der Waals surface area contributed by atoms with Gasteiger partial charge in [0.15, 0.2) is 0 Å². The molecule has 2 aliphatic rings. The van der Waals surface area contributed by atoms with Crippen molar-refractivity contribution in [2.24, 2.45) is 16.8 Å². The van der Waals surface area contributed by atoms with Gasteiger partial charge in [-0.3, -0.25) is 4.99 Å².